The molecule has 0 spiro atoms. The number of nitrogens with one attached hydrogen (secondary N) is 2. The van der Waals surface area contributed by atoms with Gasteiger partial charge in [0.1, 0.15) is 11.9 Å². The van der Waals surface area contributed by atoms with E-state index in [0.29, 0.717) is 12.1 Å². The maximum atomic E-state index is 12.2. The first-order valence-electron chi connectivity index (χ1n) is 6.69. The molecule has 0 radical (unpaired) electrons. The van der Waals surface area contributed by atoms with Gasteiger partial charge in [0.25, 0.3) is 5.91 Å². The fraction of sp³-hybridized carbons (Fsp3) is 0.333. The summed E-state index contributed by atoms with van der Waals surface area (Å²) in [7, 11) is 0. The molecule has 0 aliphatic carbocycles. The quantitative estimate of drug-likeness (QED) is 0.894. The minimum atomic E-state index is -0.103. The number of hydrogen-bond acceptors (Lipinski definition) is 3. The van der Waals surface area contributed by atoms with Gasteiger partial charge in [-0.25, -0.2) is 0 Å². The summed E-state index contributed by atoms with van der Waals surface area (Å²) in [5, 5.41) is 9.77. The molecule has 20 heavy (non-hydrogen) atoms. The number of ether oxygens (including phenoxy) is 1. The number of benzene rings is 1. The first-order valence-corrected chi connectivity index (χ1v) is 6.69. The number of rotatable bonds is 3. The van der Waals surface area contributed by atoms with Crippen molar-refractivity contribution in [2.75, 3.05) is 6.54 Å². The van der Waals surface area contributed by atoms with Crippen molar-refractivity contribution in [1.29, 1.82) is 0 Å². The molecule has 0 saturated carbocycles. The van der Waals surface area contributed by atoms with E-state index in [-0.39, 0.29) is 12.0 Å². The third-order valence-corrected chi connectivity index (χ3v) is 3.56. The Balaban J connectivity index is 1.61. The second-order valence-electron chi connectivity index (χ2n) is 5.07. The second kappa shape index (κ2) is 5.00. The van der Waals surface area contributed by atoms with E-state index in [1.807, 2.05) is 32.0 Å². The zero-order chi connectivity index (χ0) is 14.1. The average Bonchev–Trinajstić information content (AvgIpc) is 2.99. The lowest BCUT2D eigenvalue weighted by atomic mass is 10.1. The van der Waals surface area contributed by atoms with Crippen LogP contribution in [0.25, 0.3) is 0 Å². The monoisotopic (exact) mass is 271 g/mol. The maximum Gasteiger partial charge on any atom is 0.255 e. The number of aryl methyl sites for hydroxylation is 2. The van der Waals surface area contributed by atoms with E-state index in [4.69, 9.17) is 4.74 Å². The van der Waals surface area contributed by atoms with Crippen molar-refractivity contribution in [1.82, 2.24) is 15.5 Å². The summed E-state index contributed by atoms with van der Waals surface area (Å²) in [6.45, 7) is 4.16. The highest BCUT2D eigenvalue weighted by molar-refractivity contribution is 5.96. The highest BCUT2D eigenvalue weighted by Crippen LogP contribution is 2.27. The van der Waals surface area contributed by atoms with Gasteiger partial charge >= 0.3 is 0 Å². The topological polar surface area (TPSA) is 67.0 Å². The van der Waals surface area contributed by atoms with Gasteiger partial charge in [0, 0.05) is 12.1 Å². The van der Waals surface area contributed by atoms with Gasteiger partial charge in [0.2, 0.25) is 0 Å². The van der Waals surface area contributed by atoms with Crippen molar-refractivity contribution in [3.05, 3.63) is 46.8 Å². The summed E-state index contributed by atoms with van der Waals surface area (Å²) in [5.74, 6) is 0.815. The van der Waals surface area contributed by atoms with E-state index in [9.17, 15) is 4.79 Å². The lowest BCUT2D eigenvalue weighted by Crippen LogP contribution is -2.34. The number of H-pyrrole nitrogens is 1. The van der Waals surface area contributed by atoms with Crippen LogP contribution in [0.2, 0.25) is 0 Å². The van der Waals surface area contributed by atoms with Crippen LogP contribution in [-0.4, -0.2) is 28.8 Å². The molecule has 104 valence electrons. The van der Waals surface area contributed by atoms with E-state index in [0.717, 1.165) is 23.6 Å². The lowest BCUT2D eigenvalue weighted by Gasteiger charge is -2.12. The normalized spacial score (nSPS) is 16.6. The predicted molar refractivity (Wildman–Crippen MR) is 75.0 cm³/mol. The molecular formula is C15H17N3O2. The number of carbonyl (C=O) groups excluding carboxylic acids is 1. The van der Waals surface area contributed by atoms with Crippen LogP contribution in [0.5, 0.6) is 5.75 Å². The van der Waals surface area contributed by atoms with Gasteiger partial charge < -0.3 is 10.1 Å². The highest BCUT2D eigenvalue weighted by atomic mass is 16.5. The van der Waals surface area contributed by atoms with Crippen molar-refractivity contribution in [2.24, 2.45) is 0 Å². The number of para-hydroxylation sites is 1. The molecule has 0 saturated heterocycles. The molecule has 1 amide bonds. The summed E-state index contributed by atoms with van der Waals surface area (Å²) >= 11 is 0. The maximum absolute atomic E-state index is 12.2. The molecular weight excluding hydrogens is 254 g/mol. The highest BCUT2D eigenvalue weighted by Gasteiger charge is 2.23. The minimum absolute atomic E-state index is 0.00358. The first kappa shape index (κ1) is 12.7. The van der Waals surface area contributed by atoms with Crippen molar-refractivity contribution in [3.63, 3.8) is 0 Å². The van der Waals surface area contributed by atoms with Crippen LogP contribution in [0.1, 0.15) is 27.3 Å². The fourth-order valence-electron chi connectivity index (χ4n) is 2.55. The molecule has 0 fully saturated rings. The standard InChI is InChI=1S/C15H17N3O2/c1-9-14(10(2)18-17-9)15(19)16-8-12-7-11-5-3-4-6-13(11)20-12/h3-6,12H,7-8H2,1-2H3,(H,16,19)(H,17,18). The SMILES string of the molecule is Cc1n[nH]c(C)c1C(=O)NCC1Cc2ccccc2O1. The van der Waals surface area contributed by atoms with E-state index >= 15 is 0 Å². The van der Waals surface area contributed by atoms with Gasteiger partial charge in [-0.1, -0.05) is 18.2 Å². The van der Waals surface area contributed by atoms with E-state index in [1.54, 1.807) is 0 Å². The Hall–Kier alpha value is -2.30. The summed E-state index contributed by atoms with van der Waals surface area (Å²) in [6.07, 6.45) is 0.837. The Kier molecular flexibility index (Phi) is 3.18. The second-order valence-corrected chi connectivity index (χ2v) is 5.07. The molecule has 2 N–H and O–H groups in total. The summed E-state index contributed by atoms with van der Waals surface area (Å²) in [5.41, 5.74) is 3.33. The van der Waals surface area contributed by atoms with Gasteiger partial charge in [-0.3, -0.25) is 9.89 Å². The zero-order valence-electron chi connectivity index (χ0n) is 11.6. The van der Waals surface area contributed by atoms with Gasteiger partial charge in [0.15, 0.2) is 0 Å². The Bertz CT molecular complexity index is 604. The van der Waals surface area contributed by atoms with Crippen LogP contribution < -0.4 is 10.1 Å². The third kappa shape index (κ3) is 2.27. The summed E-state index contributed by atoms with van der Waals surface area (Å²) in [4.78, 5) is 12.2. The largest absolute Gasteiger partial charge is 0.488 e. The number of aromatic nitrogens is 2. The number of amides is 1. The molecule has 1 aromatic carbocycles. The molecule has 2 heterocycles. The molecule has 0 bridgehead atoms. The number of fused-ring (bicyclic) bond motifs is 1. The van der Waals surface area contributed by atoms with Gasteiger partial charge in [-0.05, 0) is 25.5 Å². The van der Waals surface area contributed by atoms with Gasteiger partial charge in [-0.2, -0.15) is 5.10 Å². The van der Waals surface area contributed by atoms with Crippen molar-refractivity contribution in [3.8, 4) is 5.75 Å². The Morgan fingerprint density at radius 3 is 2.95 bits per heavy atom. The van der Waals surface area contributed by atoms with E-state index in [1.165, 1.54) is 5.56 Å². The van der Waals surface area contributed by atoms with Crippen LogP contribution in [-0.2, 0) is 6.42 Å². The van der Waals surface area contributed by atoms with Crippen LogP contribution in [0.4, 0.5) is 0 Å². The number of nitrogens with zero attached hydrogens (tertiary/aromatic N) is 1. The summed E-state index contributed by atoms with van der Waals surface area (Å²) < 4.78 is 5.80. The van der Waals surface area contributed by atoms with Crippen molar-refractivity contribution in [2.45, 2.75) is 26.4 Å². The molecule has 3 rings (SSSR count). The average molecular weight is 271 g/mol. The first-order chi connectivity index (χ1) is 9.65. The van der Waals surface area contributed by atoms with Crippen LogP contribution in [0.15, 0.2) is 24.3 Å². The molecule has 2 aromatic rings. The smallest absolute Gasteiger partial charge is 0.255 e. The Labute approximate surface area is 117 Å². The summed E-state index contributed by atoms with van der Waals surface area (Å²) in [6, 6.07) is 7.97. The van der Waals surface area contributed by atoms with E-state index < -0.39 is 0 Å². The number of carbonyl (C=O) groups is 1. The predicted octanol–water partition coefficient (Wildman–Crippen LogP) is 1.76. The van der Waals surface area contributed by atoms with Gasteiger partial charge in [0.05, 0.1) is 17.8 Å². The molecule has 1 atom stereocenters. The Morgan fingerprint density at radius 1 is 1.45 bits per heavy atom. The third-order valence-electron chi connectivity index (χ3n) is 3.56. The Morgan fingerprint density at radius 2 is 2.25 bits per heavy atom. The molecule has 5 nitrogen and oxygen atoms in total. The van der Waals surface area contributed by atoms with Gasteiger partial charge in [-0.15, -0.1) is 0 Å². The number of hydrogen-bond donors (Lipinski definition) is 2. The number of aromatic amines is 1. The molecule has 5 heteroatoms. The van der Waals surface area contributed by atoms with Crippen LogP contribution in [0.3, 0.4) is 0 Å². The van der Waals surface area contributed by atoms with Crippen molar-refractivity contribution < 1.29 is 9.53 Å². The molecule has 1 aliphatic heterocycles. The fourth-order valence-corrected chi connectivity index (χ4v) is 2.55. The van der Waals surface area contributed by atoms with Crippen LogP contribution in [0, 0.1) is 13.8 Å². The van der Waals surface area contributed by atoms with Crippen molar-refractivity contribution >= 4 is 5.91 Å². The minimum Gasteiger partial charge on any atom is -0.488 e. The molecule has 1 aliphatic rings. The zero-order valence-corrected chi connectivity index (χ0v) is 11.6. The van der Waals surface area contributed by atoms with Crippen LogP contribution >= 0.6 is 0 Å². The van der Waals surface area contributed by atoms with E-state index in [2.05, 4.69) is 21.6 Å². The lowest BCUT2D eigenvalue weighted by molar-refractivity contribution is 0.0932. The molecule has 1 aromatic heterocycles. The molecule has 1 unspecified atom stereocenters.